The van der Waals surface area contributed by atoms with Gasteiger partial charge >= 0.3 is 0 Å². The maximum absolute atomic E-state index is 13.5. The van der Waals surface area contributed by atoms with Gasteiger partial charge in [0.15, 0.2) is 5.78 Å². The van der Waals surface area contributed by atoms with Crippen LogP contribution >= 0.6 is 11.6 Å². The number of carbonyl (C=O) groups is 1. The summed E-state index contributed by atoms with van der Waals surface area (Å²) in [7, 11) is 1.62. The van der Waals surface area contributed by atoms with Gasteiger partial charge in [-0.1, -0.05) is 17.7 Å². The molecule has 0 N–H and O–H groups in total. The number of benzene rings is 1. The van der Waals surface area contributed by atoms with Crippen molar-refractivity contribution in [2.75, 3.05) is 0 Å². The van der Waals surface area contributed by atoms with Gasteiger partial charge in [0.05, 0.1) is 28.4 Å². The van der Waals surface area contributed by atoms with E-state index >= 15 is 0 Å². The number of ketones is 1. The molecule has 6 heteroatoms. The molecule has 1 aromatic carbocycles. The highest BCUT2D eigenvalue weighted by molar-refractivity contribution is 6.32. The highest BCUT2D eigenvalue weighted by Gasteiger charge is 2.21. The number of hydrogen-bond donors (Lipinski definition) is 0. The largest absolute Gasteiger partial charge is 0.294 e. The minimum atomic E-state index is -0.875. The fourth-order valence-corrected chi connectivity index (χ4v) is 2.10. The normalized spacial score (nSPS) is 10.8. The van der Waals surface area contributed by atoms with Crippen molar-refractivity contribution in [1.82, 2.24) is 9.78 Å². The standard InChI is InChI=1S/C13H11ClF2N2O/c1-7-13(14)10(18(2)17-7)6-11(19)12-8(15)4-3-5-9(12)16/h3-5H,6H2,1-2H3. The van der Waals surface area contributed by atoms with Crippen molar-refractivity contribution in [3.05, 3.63) is 51.8 Å². The lowest BCUT2D eigenvalue weighted by atomic mass is 10.1. The second kappa shape index (κ2) is 5.09. The average molecular weight is 285 g/mol. The fourth-order valence-electron chi connectivity index (χ4n) is 1.88. The average Bonchev–Trinajstić information content (AvgIpc) is 2.56. The Morgan fingerprint density at radius 1 is 1.37 bits per heavy atom. The van der Waals surface area contributed by atoms with Crippen LogP contribution in [0.15, 0.2) is 18.2 Å². The van der Waals surface area contributed by atoms with Gasteiger partial charge in [-0.05, 0) is 19.1 Å². The maximum Gasteiger partial charge on any atom is 0.174 e. The first-order chi connectivity index (χ1) is 8.91. The molecular weight excluding hydrogens is 274 g/mol. The Morgan fingerprint density at radius 2 is 1.95 bits per heavy atom. The van der Waals surface area contributed by atoms with E-state index in [9.17, 15) is 13.6 Å². The van der Waals surface area contributed by atoms with Gasteiger partial charge in [0.1, 0.15) is 11.6 Å². The van der Waals surface area contributed by atoms with Gasteiger partial charge in [0.25, 0.3) is 0 Å². The Hall–Kier alpha value is -1.75. The second-order valence-electron chi connectivity index (χ2n) is 4.17. The van der Waals surface area contributed by atoms with Crippen LogP contribution in [0, 0.1) is 18.6 Å². The van der Waals surface area contributed by atoms with Crippen molar-refractivity contribution in [1.29, 1.82) is 0 Å². The molecule has 0 atom stereocenters. The molecule has 19 heavy (non-hydrogen) atoms. The number of halogens is 3. The van der Waals surface area contributed by atoms with E-state index < -0.39 is 23.0 Å². The molecule has 0 spiro atoms. The highest BCUT2D eigenvalue weighted by atomic mass is 35.5. The third-order valence-electron chi connectivity index (χ3n) is 2.83. The molecule has 0 radical (unpaired) electrons. The monoisotopic (exact) mass is 284 g/mol. The van der Waals surface area contributed by atoms with Gasteiger partial charge < -0.3 is 0 Å². The predicted molar refractivity (Wildman–Crippen MR) is 67.3 cm³/mol. The van der Waals surface area contributed by atoms with Crippen LogP contribution in [0.3, 0.4) is 0 Å². The van der Waals surface area contributed by atoms with E-state index in [-0.39, 0.29) is 6.42 Å². The molecule has 0 aliphatic heterocycles. The summed E-state index contributed by atoms with van der Waals surface area (Å²) >= 11 is 6.00. The molecule has 0 aliphatic carbocycles. The summed E-state index contributed by atoms with van der Waals surface area (Å²) in [5.74, 6) is -2.42. The van der Waals surface area contributed by atoms with Crippen LogP contribution in [-0.2, 0) is 13.5 Å². The molecule has 2 rings (SSSR count). The SMILES string of the molecule is Cc1nn(C)c(CC(=O)c2c(F)cccc2F)c1Cl. The van der Waals surface area contributed by atoms with Gasteiger partial charge in [-0.25, -0.2) is 8.78 Å². The molecule has 0 saturated heterocycles. The number of carbonyl (C=O) groups excluding carboxylic acids is 1. The summed E-state index contributed by atoms with van der Waals surface area (Å²) in [4.78, 5) is 12.0. The van der Waals surface area contributed by atoms with E-state index in [1.54, 1.807) is 14.0 Å². The number of nitrogens with zero attached hydrogens (tertiary/aromatic N) is 2. The van der Waals surface area contributed by atoms with E-state index in [2.05, 4.69) is 5.10 Å². The smallest absolute Gasteiger partial charge is 0.174 e. The first-order valence-corrected chi connectivity index (χ1v) is 5.94. The molecule has 0 fully saturated rings. The molecule has 1 aromatic heterocycles. The first kappa shape index (κ1) is 13.7. The molecule has 0 bridgehead atoms. The zero-order valence-corrected chi connectivity index (χ0v) is 11.1. The molecule has 2 aromatic rings. The molecule has 0 saturated carbocycles. The van der Waals surface area contributed by atoms with Crippen LogP contribution in [-0.4, -0.2) is 15.6 Å². The van der Waals surface area contributed by atoms with Crippen LogP contribution in [0.25, 0.3) is 0 Å². The summed E-state index contributed by atoms with van der Waals surface area (Å²) < 4.78 is 28.4. The molecular formula is C13H11ClF2N2O. The summed E-state index contributed by atoms with van der Waals surface area (Å²) in [6.45, 7) is 1.69. The Balaban J connectivity index is 2.36. The highest BCUT2D eigenvalue weighted by Crippen LogP contribution is 2.22. The molecule has 100 valence electrons. The Morgan fingerprint density at radius 3 is 2.42 bits per heavy atom. The second-order valence-corrected chi connectivity index (χ2v) is 4.54. The van der Waals surface area contributed by atoms with Crippen molar-refractivity contribution in [2.24, 2.45) is 7.05 Å². The van der Waals surface area contributed by atoms with E-state index in [1.165, 1.54) is 10.7 Å². The lowest BCUT2D eigenvalue weighted by Gasteiger charge is -2.05. The number of hydrogen-bond acceptors (Lipinski definition) is 2. The van der Waals surface area contributed by atoms with E-state index in [0.29, 0.717) is 16.4 Å². The molecule has 0 amide bonds. The van der Waals surface area contributed by atoms with E-state index in [1.807, 2.05) is 0 Å². The zero-order chi connectivity index (χ0) is 14.2. The Bertz CT molecular complexity index is 632. The van der Waals surface area contributed by atoms with Gasteiger partial charge in [0, 0.05) is 7.05 Å². The predicted octanol–water partition coefficient (Wildman–Crippen LogP) is 3.09. The van der Waals surface area contributed by atoms with Crippen molar-refractivity contribution in [2.45, 2.75) is 13.3 Å². The third kappa shape index (κ3) is 2.51. The molecule has 3 nitrogen and oxygen atoms in total. The van der Waals surface area contributed by atoms with Crippen molar-refractivity contribution >= 4 is 17.4 Å². The van der Waals surface area contributed by atoms with Crippen LogP contribution < -0.4 is 0 Å². The van der Waals surface area contributed by atoms with Gasteiger partial charge in [-0.15, -0.1) is 0 Å². The lowest BCUT2D eigenvalue weighted by Crippen LogP contribution is -2.12. The Labute approximate surface area is 113 Å². The minimum Gasteiger partial charge on any atom is -0.294 e. The number of aryl methyl sites for hydroxylation is 2. The van der Waals surface area contributed by atoms with E-state index in [4.69, 9.17) is 11.6 Å². The lowest BCUT2D eigenvalue weighted by molar-refractivity contribution is 0.0982. The number of rotatable bonds is 3. The summed E-state index contributed by atoms with van der Waals surface area (Å²) in [6, 6.07) is 3.31. The van der Waals surface area contributed by atoms with Gasteiger partial charge in [-0.2, -0.15) is 5.10 Å². The fraction of sp³-hybridized carbons (Fsp3) is 0.231. The molecule has 1 heterocycles. The van der Waals surface area contributed by atoms with Crippen LogP contribution in [0.2, 0.25) is 5.02 Å². The van der Waals surface area contributed by atoms with Gasteiger partial charge in [0.2, 0.25) is 0 Å². The zero-order valence-electron chi connectivity index (χ0n) is 10.4. The van der Waals surface area contributed by atoms with Gasteiger partial charge in [-0.3, -0.25) is 9.48 Å². The Kier molecular flexibility index (Phi) is 3.66. The summed E-state index contributed by atoms with van der Waals surface area (Å²) in [5, 5.41) is 4.39. The minimum absolute atomic E-state index is 0.200. The van der Waals surface area contributed by atoms with Crippen molar-refractivity contribution in [3.8, 4) is 0 Å². The molecule has 0 aliphatic rings. The number of aromatic nitrogens is 2. The summed E-state index contributed by atoms with van der Waals surface area (Å²) in [5.41, 5.74) is 0.463. The maximum atomic E-state index is 13.5. The number of Topliss-reactive ketones (excluding diaryl/α,β-unsaturated/α-hetero) is 1. The first-order valence-electron chi connectivity index (χ1n) is 5.57. The molecule has 0 unspecified atom stereocenters. The quantitative estimate of drug-likeness (QED) is 0.812. The summed E-state index contributed by atoms with van der Waals surface area (Å²) in [6.07, 6.45) is -0.200. The van der Waals surface area contributed by atoms with Crippen molar-refractivity contribution < 1.29 is 13.6 Å². The van der Waals surface area contributed by atoms with E-state index in [0.717, 1.165) is 12.1 Å². The van der Waals surface area contributed by atoms with Crippen LogP contribution in [0.4, 0.5) is 8.78 Å². The third-order valence-corrected chi connectivity index (χ3v) is 3.32. The van der Waals surface area contributed by atoms with Crippen LogP contribution in [0.5, 0.6) is 0 Å². The van der Waals surface area contributed by atoms with Crippen molar-refractivity contribution in [3.63, 3.8) is 0 Å². The topological polar surface area (TPSA) is 34.9 Å². The van der Waals surface area contributed by atoms with Crippen LogP contribution in [0.1, 0.15) is 21.7 Å².